The van der Waals surface area contributed by atoms with E-state index >= 15 is 0 Å². The molecule has 3 N–H and O–H groups in total. The van der Waals surface area contributed by atoms with E-state index in [-0.39, 0.29) is 17.5 Å². The highest BCUT2D eigenvalue weighted by molar-refractivity contribution is 5.99. The number of amides is 1. The van der Waals surface area contributed by atoms with Crippen LogP contribution >= 0.6 is 0 Å². The van der Waals surface area contributed by atoms with Gasteiger partial charge in [-0.2, -0.15) is 10.2 Å². The van der Waals surface area contributed by atoms with Crippen molar-refractivity contribution in [3.63, 3.8) is 0 Å². The van der Waals surface area contributed by atoms with Gasteiger partial charge in [-0.3, -0.25) is 9.89 Å². The minimum atomic E-state index is -0.376. The third-order valence-electron chi connectivity index (χ3n) is 6.02. The molecule has 1 amide bonds. The van der Waals surface area contributed by atoms with Crippen molar-refractivity contribution in [3.05, 3.63) is 76.7 Å². The number of carbonyl (C=O) groups excluding carboxylic acids is 1. The quantitative estimate of drug-likeness (QED) is 0.378. The summed E-state index contributed by atoms with van der Waals surface area (Å²) in [6.45, 7) is 1.21. The van der Waals surface area contributed by atoms with Crippen LogP contribution in [-0.4, -0.2) is 53.8 Å². The standard InChI is InChI=1S/C22H19N9O2/c32-21(15-5-3-9-30-20(15)28-29-22(30)33)23-8-7-13-11-31(17-6-2-1-4-14(13)17)19-16-10-26-27-18(16)24-12-25-19/h1-6,9-10,12-13H,7-8,11H2,(H,23,32)(H,29,33)(H,24,25,26,27). The molecule has 6 rings (SSSR count). The summed E-state index contributed by atoms with van der Waals surface area (Å²) in [6, 6.07) is 11.5. The molecule has 1 atom stereocenters. The van der Waals surface area contributed by atoms with Crippen LogP contribution in [0.25, 0.3) is 16.7 Å². The lowest BCUT2D eigenvalue weighted by atomic mass is 9.98. The van der Waals surface area contributed by atoms with Gasteiger partial charge in [0.25, 0.3) is 5.91 Å². The second-order valence-corrected chi connectivity index (χ2v) is 7.88. The highest BCUT2D eigenvalue weighted by atomic mass is 16.2. The maximum absolute atomic E-state index is 12.8. The van der Waals surface area contributed by atoms with Crippen molar-refractivity contribution in [3.8, 4) is 0 Å². The monoisotopic (exact) mass is 441 g/mol. The number of aromatic amines is 2. The number of fused-ring (bicyclic) bond motifs is 3. The number of pyridine rings is 1. The summed E-state index contributed by atoms with van der Waals surface area (Å²) in [7, 11) is 0. The molecule has 1 unspecified atom stereocenters. The van der Waals surface area contributed by atoms with E-state index in [9.17, 15) is 9.59 Å². The van der Waals surface area contributed by atoms with Gasteiger partial charge in [0.1, 0.15) is 12.1 Å². The molecule has 0 aliphatic carbocycles. The van der Waals surface area contributed by atoms with Gasteiger partial charge in [-0.15, -0.1) is 0 Å². The maximum atomic E-state index is 12.8. The highest BCUT2D eigenvalue weighted by Gasteiger charge is 2.31. The van der Waals surface area contributed by atoms with Gasteiger partial charge in [0.15, 0.2) is 11.3 Å². The van der Waals surface area contributed by atoms with E-state index in [2.05, 4.69) is 52.7 Å². The van der Waals surface area contributed by atoms with Crippen LogP contribution in [0.1, 0.15) is 28.3 Å². The zero-order valence-electron chi connectivity index (χ0n) is 17.4. The van der Waals surface area contributed by atoms with Crippen LogP contribution in [0.5, 0.6) is 0 Å². The maximum Gasteiger partial charge on any atom is 0.347 e. The fourth-order valence-corrected chi connectivity index (χ4v) is 4.48. The topological polar surface area (TPSA) is 137 Å². The number of anilines is 2. The van der Waals surface area contributed by atoms with E-state index in [0.717, 1.165) is 29.9 Å². The third-order valence-corrected chi connectivity index (χ3v) is 6.02. The number of hydrogen-bond donors (Lipinski definition) is 3. The van der Waals surface area contributed by atoms with E-state index in [0.29, 0.717) is 23.4 Å². The molecule has 1 aromatic carbocycles. The first-order valence-electron chi connectivity index (χ1n) is 10.5. The Morgan fingerprint density at radius 2 is 2.06 bits per heavy atom. The summed E-state index contributed by atoms with van der Waals surface area (Å²) in [4.78, 5) is 35.5. The van der Waals surface area contributed by atoms with E-state index in [1.54, 1.807) is 24.5 Å². The molecule has 0 saturated heterocycles. The van der Waals surface area contributed by atoms with Crippen LogP contribution < -0.4 is 15.9 Å². The lowest BCUT2D eigenvalue weighted by Gasteiger charge is -2.19. The lowest BCUT2D eigenvalue weighted by molar-refractivity contribution is 0.0953. The van der Waals surface area contributed by atoms with Crippen molar-refractivity contribution in [1.82, 2.24) is 40.1 Å². The van der Waals surface area contributed by atoms with Gasteiger partial charge in [0.05, 0.1) is 17.1 Å². The van der Waals surface area contributed by atoms with Crippen molar-refractivity contribution in [2.75, 3.05) is 18.0 Å². The van der Waals surface area contributed by atoms with E-state index in [1.807, 2.05) is 12.1 Å². The van der Waals surface area contributed by atoms with Gasteiger partial charge < -0.3 is 10.2 Å². The molecule has 0 fully saturated rings. The molecule has 33 heavy (non-hydrogen) atoms. The largest absolute Gasteiger partial charge is 0.352 e. The number of benzene rings is 1. The summed E-state index contributed by atoms with van der Waals surface area (Å²) >= 11 is 0. The Morgan fingerprint density at radius 1 is 1.15 bits per heavy atom. The molecule has 4 aromatic heterocycles. The number of aromatic nitrogens is 7. The first-order chi connectivity index (χ1) is 16.2. The summed E-state index contributed by atoms with van der Waals surface area (Å²) < 4.78 is 1.32. The molecule has 1 aliphatic heterocycles. The second-order valence-electron chi connectivity index (χ2n) is 7.88. The Balaban J connectivity index is 1.21. The minimum absolute atomic E-state index is 0.210. The number of nitrogens with one attached hydrogen (secondary N) is 3. The first kappa shape index (κ1) is 19.2. The molecule has 0 radical (unpaired) electrons. The molecule has 0 spiro atoms. The summed E-state index contributed by atoms with van der Waals surface area (Å²) in [6.07, 6.45) is 5.59. The Hall–Kier alpha value is -4.54. The Bertz CT molecular complexity index is 1550. The van der Waals surface area contributed by atoms with Crippen molar-refractivity contribution in [2.45, 2.75) is 12.3 Å². The van der Waals surface area contributed by atoms with Crippen molar-refractivity contribution < 1.29 is 4.79 Å². The Kier molecular flexibility index (Phi) is 4.39. The number of hydrogen-bond acceptors (Lipinski definition) is 7. The summed E-state index contributed by atoms with van der Waals surface area (Å²) in [5, 5.41) is 17.2. The zero-order chi connectivity index (χ0) is 22.4. The summed E-state index contributed by atoms with van der Waals surface area (Å²) in [5.74, 6) is 0.754. The number of H-pyrrole nitrogens is 2. The molecular weight excluding hydrogens is 422 g/mol. The van der Waals surface area contributed by atoms with Crippen LogP contribution in [0.4, 0.5) is 11.5 Å². The van der Waals surface area contributed by atoms with Crippen molar-refractivity contribution in [1.29, 1.82) is 0 Å². The smallest absolute Gasteiger partial charge is 0.347 e. The van der Waals surface area contributed by atoms with Crippen LogP contribution in [-0.2, 0) is 0 Å². The van der Waals surface area contributed by atoms with Crippen LogP contribution in [0.15, 0.2) is 59.9 Å². The molecule has 1 aliphatic rings. The second kappa shape index (κ2) is 7.55. The Morgan fingerprint density at radius 3 is 3.00 bits per heavy atom. The molecule has 164 valence electrons. The summed E-state index contributed by atoms with van der Waals surface area (Å²) in [5.41, 5.74) is 3.29. The molecular formula is C22H19N9O2. The van der Waals surface area contributed by atoms with Gasteiger partial charge in [-0.05, 0) is 30.2 Å². The average molecular weight is 441 g/mol. The average Bonchev–Trinajstić information content (AvgIpc) is 3.56. The fraction of sp³-hybridized carbons (Fsp3) is 0.182. The number of rotatable bonds is 5. The van der Waals surface area contributed by atoms with Crippen LogP contribution in [0.2, 0.25) is 0 Å². The van der Waals surface area contributed by atoms with Crippen molar-refractivity contribution in [2.24, 2.45) is 0 Å². The Labute approximate surface area is 186 Å². The molecule has 5 heterocycles. The lowest BCUT2D eigenvalue weighted by Crippen LogP contribution is -2.27. The SMILES string of the molecule is O=C(NCCC1CN(c2ncnc3[nH]ncc23)c2ccccc21)c1cccn2c(=O)[nH]nc12. The normalized spacial score (nSPS) is 15.3. The van der Waals surface area contributed by atoms with E-state index in [1.165, 1.54) is 16.3 Å². The molecule has 11 nitrogen and oxygen atoms in total. The predicted molar refractivity (Wildman–Crippen MR) is 121 cm³/mol. The number of carbonyl (C=O) groups is 1. The zero-order valence-corrected chi connectivity index (χ0v) is 17.4. The molecule has 5 aromatic rings. The van der Waals surface area contributed by atoms with Crippen molar-refractivity contribution >= 4 is 34.1 Å². The van der Waals surface area contributed by atoms with E-state index < -0.39 is 0 Å². The van der Waals surface area contributed by atoms with E-state index in [4.69, 9.17) is 0 Å². The van der Waals surface area contributed by atoms with Gasteiger partial charge in [-0.1, -0.05) is 18.2 Å². The third kappa shape index (κ3) is 3.13. The molecule has 11 heteroatoms. The first-order valence-corrected chi connectivity index (χ1v) is 10.5. The van der Waals surface area contributed by atoms with Crippen LogP contribution in [0, 0.1) is 0 Å². The molecule has 0 saturated carbocycles. The number of para-hydroxylation sites is 1. The minimum Gasteiger partial charge on any atom is -0.352 e. The predicted octanol–water partition coefficient (Wildman–Crippen LogP) is 1.74. The highest BCUT2D eigenvalue weighted by Crippen LogP contribution is 2.42. The fourth-order valence-electron chi connectivity index (χ4n) is 4.48. The number of nitrogens with zero attached hydrogens (tertiary/aromatic N) is 6. The van der Waals surface area contributed by atoms with Gasteiger partial charge in [0, 0.05) is 30.9 Å². The van der Waals surface area contributed by atoms with Crippen LogP contribution in [0.3, 0.4) is 0 Å². The molecule has 0 bridgehead atoms. The van der Waals surface area contributed by atoms with Gasteiger partial charge >= 0.3 is 5.69 Å². The van der Waals surface area contributed by atoms with Gasteiger partial charge in [-0.25, -0.2) is 24.3 Å². The van der Waals surface area contributed by atoms with Gasteiger partial charge in [0.2, 0.25) is 0 Å².